The molecule has 9 heteroatoms. The Morgan fingerprint density at radius 1 is 1.13 bits per heavy atom. The lowest BCUT2D eigenvalue weighted by Gasteiger charge is -2.00. The highest BCUT2D eigenvalue weighted by Gasteiger charge is 2.11. The van der Waals surface area contributed by atoms with E-state index < -0.39 is 5.97 Å². The molecule has 0 amide bonds. The van der Waals surface area contributed by atoms with E-state index in [2.05, 4.69) is 15.1 Å². The Kier molecular flexibility index (Phi) is 8.49. The summed E-state index contributed by atoms with van der Waals surface area (Å²) in [5.74, 6) is -0.552. The number of halogens is 2. The number of esters is 1. The van der Waals surface area contributed by atoms with Gasteiger partial charge in [-0.15, -0.1) is 0 Å². The highest BCUT2D eigenvalue weighted by atomic mass is 19.1. The highest BCUT2D eigenvalue weighted by Crippen LogP contribution is 2.11. The summed E-state index contributed by atoms with van der Waals surface area (Å²) in [4.78, 5) is 18.3. The second kappa shape index (κ2) is 11.3. The first-order chi connectivity index (χ1) is 14.4. The predicted molar refractivity (Wildman–Crippen MR) is 107 cm³/mol. The number of amidine groups is 1. The number of oxime groups is 1. The summed E-state index contributed by atoms with van der Waals surface area (Å²) < 4.78 is 31.2. The van der Waals surface area contributed by atoms with Gasteiger partial charge in [0.05, 0.1) is 12.8 Å². The average molecular weight is 416 g/mol. The zero-order valence-electron chi connectivity index (χ0n) is 16.3. The Bertz CT molecular complexity index is 1010. The second-order valence-corrected chi connectivity index (χ2v) is 6.09. The van der Waals surface area contributed by atoms with Crippen molar-refractivity contribution < 1.29 is 23.5 Å². The number of imidazole rings is 1. The number of nitrogens with zero attached hydrogens (tertiary/aromatic N) is 2. The minimum atomic E-state index is -0.454. The summed E-state index contributed by atoms with van der Waals surface area (Å²) in [5.41, 5.74) is 6.44. The number of benzene rings is 2. The van der Waals surface area contributed by atoms with Gasteiger partial charge in [0.25, 0.3) is 0 Å². The van der Waals surface area contributed by atoms with Gasteiger partial charge >= 0.3 is 5.97 Å². The van der Waals surface area contributed by atoms with Crippen LogP contribution in [0.2, 0.25) is 0 Å². The van der Waals surface area contributed by atoms with Gasteiger partial charge in [0.15, 0.2) is 0 Å². The van der Waals surface area contributed by atoms with Crippen molar-refractivity contribution in [2.75, 3.05) is 6.61 Å². The average Bonchev–Trinajstić information content (AvgIpc) is 3.21. The van der Waals surface area contributed by atoms with Crippen LogP contribution in [0.15, 0.2) is 59.9 Å². The number of carbonyl (C=O) groups excluding carboxylic acids is 1. The van der Waals surface area contributed by atoms with Crippen LogP contribution in [-0.2, 0) is 17.6 Å². The topological polar surface area (TPSA) is 114 Å². The monoisotopic (exact) mass is 416 g/mol. The van der Waals surface area contributed by atoms with Crippen LogP contribution in [-0.4, -0.2) is 33.6 Å². The number of ether oxygens (including phenoxy) is 1. The van der Waals surface area contributed by atoms with Gasteiger partial charge in [0.2, 0.25) is 0 Å². The molecule has 3 aromatic rings. The quantitative estimate of drug-likeness (QED) is 0.187. The van der Waals surface area contributed by atoms with Gasteiger partial charge in [0, 0.05) is 12.8 Å². The summed E-state index contributed by atoms with van der Waals surface area (Å²) in [6, 6.07) is 12.7. The third-order valence-electron chi connectivity index (χ3n) is 3.90. The maximum absolute atomic E-state index is 13.4. The van der Waals surface area contributed by atoms with Crippen molar-refractivity contribution in [2.24, 2.45) is 10.9 Å². The summed E-state index contributed by atoms with van der Waals surface area (Å²) in [5, 5.41) is 11.0. The Hall–Kier alpha value is -3.75. The molecular weight excluding hydrogens is 394 g/mol. The minimum absolute atomic E-state index is 0.0000926. The Morgan fingerprint density at radius 2 is 1.73 bits per heavy atom. The Balaban J connectivity index is 0.000000232. The van der Waals surface area contributed by atoms with E-state index in [1.165, 1.54) is 18.3 Å². The summed E-state index contributed by atoms with van der Waals surface area (Å²) >= 11 is 0. The predicted octanol–water partition coefficient (Wildman–Crippen LogP) is 3.43. The van der Waals surface area contributed by atoms with Crippen LogP contribution in [0.25, 0.3) is 0 Å². The molecule has 1 aromatic heterocycles. The number of H-pyrrole nitrogens is 1. The molecular formula is C21H22F2N4O3. The van der Waals surface area contributed by atoms with Crippen LogP contribution < -0.4 is 5.73 Å². The standard InChI is InChI=1S/C13H13FN2O2.C8H9FN2O/c1-2-18-13(17)11-8-15-12(16-11)7-9-5-3-4-6-10(9)14;9-7-4-2-1-3-6(7)5-8(10)11-12/h3-6,8H,2,7H2,1H3,(H,15,16);1-4,12H,5H2,(H2,10,11). The van der Waals surface area contributed by atoms with Crippen LogP contribution in [0, 0.1) is 11.6 Å². The molecule has 0 bridgehead atoms. The van der Waals surface area contributed by atoms with Crippen molar-refractivity contribution in [3.8, 4) is 0 Å². The second-order valence-electron chi connectivity index (χ2n) is 6.09. The highest BCUT2D eigenvalue weighted by molar-refractivity contribution is 5.87. The van der Waals surface area contributed by atoms with E-state index in [1.807, 2.05) is 0 Å². The molecule has 0 aliphatic rings. The lowest BCUT2D eigenvalue weighted by atomic mass is 10.1. The van der Waals surface area contributed by atoms with Gasteiger partial charge in [-0.25, -0.2) is 18.6 Å². The SMILES string of the molecule is CCOC(=O)c1cnc(Cc2ccccc2F)[nH]1.NC(Cc1ccccc1F)=NO. The molecule has 0 fully saturated rings. The number of hydrogen-bond donors (Lipinski definition) is 3. The van der Waals surface area contributed by atoms with E-state index in [1.54, 1.807) is 43.3 Å². The number of nitrogens with one attached hydrogen (secondary N) is 1. The molecule has 7 nitrogen and oxygen atoms in total. The molecule has 0 saturated carbocycles. The largest absolute Gasteiger partial charge is 0.461 e. The van der Waals surface area contributed by atoms with E-state index in [0.29, 0.717) is 30.0 Å². The van der Waals surface area contributed by atoms with Crippen LogP contribution in [0.1, 0.15) is 34.4 Å². The number of hydrogen-bond acceptors (Lipinski definition) is 5. The van der Waals surface area contributed by atoms with E-state index in [4.69, 9.17) is 15.7 Å². The molecule has 0 aliphatic carbocycles. The maximum atomic E-state index is 13.4. The number of aromatic nitrogens is 2. The Morgan fingerprint density at radius 3 is 2.30 bits per heavy atom. The number of carbonyl (C=O) groups is 1. The molecule has 0 aliphatic heterocycles. The Labute approximate surface area is 172 Å². The van der Waals surface area contributed by atoms with Gasteiger partial charge < -0.3 is 20.7 Å². The first-order valence-electron chi connectivity index (χ1n) is 9.08. The molecule has 4 N–H and O–H groups in total. The molecule has 3 rings (SSSR count). The smallest absolute Gasteiger partial charge is 0.356 e. The third kappa shape index (κ3) is 6.69. The van der Waals surface area contributed by atoms with Gasteiger partial charge in [-0.3, -0.25) is 0 Å². The minimum Gasteiger partial charge on any atom is -0.461 e. The van der Waals surface area contributed by atoms with Crippen molar-refractivity contribution in [1.29, 1.82) is 0 Å². The molecule has 0 saturated heterocycles. The van der Waals surface area contributed by atoms with E-state index >= 15 is 0 Å². The van der Waals surface area contributed by atoms with Crippen LogP contribution in [0.5, 0.6) is 0 Å². The fourth-order valence-corrected chi connectivity index (χ4v) is 2.46. The summed E-state index contributed by atoms with van der Waals surface area (Å²) in [6.45, 7) is 2.04. The zero-order valence-corrected chi connectivity index (χ0v) is 16.3. The van der Waals surface area contributed by atoms with Crippen molar-refractivity contribution in [2.45, 2.75) is 19.8 Å². The summed E-state index contributed by atoms with van der Waals surface area (Å²) in [7, 11) is 0. The first-order valence-corrected chi connectivity index (χ1v) is 9.08. The van der Waals surface area contributed by atoms with Gasteiger partial charge in [-0.2, -0.15) is 0 Å². The fraction of sp³-hybridized carbons (Fsp3) is 0.190. The molecule has 0 unspecified atom stereocenters. The van der Waals surface area contributed by atoms with Crippen LogP contribution in [0.3, 0.4) is 0 Å². The lowest BCUT2D eigenvalue weighted by molar-refractivity contribution is 0.0520. The zero-order chi connectivity index (χ0) is 21.9. The number of nitrogens with two attached hydrogens (primary N) is 1. The van der Waals surface area contributed by atoms with Gasteiger partial charge in [-0.05, 0) is 30.2 Å². The van der Waals surface area contributed by atoms with Crippen molar-refractivity contribution in [3.63, 3.8) is 0 Å². The molecule has 2 aromatic carbocycles. The van der Waals surface area contributed by atoms with Crippen LogP contribution >= 0.6 is 0 Å². The first kappa shape index (κ1) is 22.5. The molecule has 0 atom stereocenters. The van der Waals surface area contributed by atoms with E-state index in [-0.39, 0.29) is 29.6 Å². The van der Waals surface area contributed by atoms with E-state index in [0.717, 1.165) is 0 Å². The molecule has 1 heterocycles. The lowest BCUT2D eigenvalue weighted by Crippen LogP contribution is -2.15. The normalized spacial score (nSPS) is 10.8. The van der Waals surface area contributed by atoms with Gasteiger partial charge in [-0.1, -0.05) is 41.6 Å². The maximum Gasteiger partial charge on any atom is 0.356 e. The fourth-order valence-electron chi connectivity index (χ4n) is 2.46. The van der Waals surface area contributed by atoms with Crippen LogP contribution in [0.4, 0.5) is 8.78 Å². The number of rotatable bonds is 6. The van der Waals surface area contributed by atoms with Crippen molar-refractivity contribution in [1.82, 2.24) is 9.97 Å². The molecule has 0 radical (unpaired) electrons. The third-order valence-corrected chi connectivity index (χ3v) is 3.90. The molecule has 158 valence electrons. The number of aromatic amines is 1. The van der Waals surface area contributed by atoms with Crippen molar-refractivity contribution >= 4 is 11.8 Å². The van der Waals surface area contributed by atoms with Gasteiger partial charge in [0.1, 0.15) is 29.0 Å². The van der Waals surface area contributed by atoms with E-state index in [9.17, 15) is 13.6 Å². The summed E-state index contributed by atoms with van der Waals surface area (Å²) in [6.07, 6.45) is 1.84. The molecule has 0 spiro atoms. The van der Waals surface area contributed by atoms with Crippen molar-refractivity contribution in [3.05, 3.63) is 89.0 Å². The molecule has 30 heavy (non-hydrogen) atoms.